The molecule has 1 amide bonds. The third-order valence-corrected chi connectivity index (χ3v) is 6.89. The number of halogens is 1. The standard InChI is InChI=1S/C24H24FN5O2S/c1-32-20-4-2-3-16(13-20)14-26-22(31)18-9-11-29(12-10-18)24-28-30-15-21(27-23(30)33-24)17-5-7-19(25)8-6-17/h2-8,13,15,18H,9-12,14H2,1H3,(H,26,31). The number of anilines is 1. The average Bonchev–Trinajstić information content (AvgIpc) is 3.43. The molecular formula is C24H24FN5O2S. The van der Waals surface area contributed by atoms with Crippen molar-refractivity contribution in [3.05, 3.63) is 66.1 Å². The summed E-state index contributed by atoms with van der Waals surface area (Å²) in [6.45, 7) is 2.05. The predicted molar refractivity (Wildman–Crippen MR) is 126 cm³/mol. The summed E-state index contributed by atoms with van der Waals surface area (Å²) in [6, 6.07) is 14.0. The Kier molecular flexibility index (Phi) is 5.95. The van der Waals surface area contributed by atoms with Crippen LogP contribution in [0, 0.1) is 11.7 Å². The van der Waals surface area contributed by atoms with Gasteiger partial charge in [0.25, 0.3) is 0 Å². The summed E-state index contributed by atoms with van der Waals surface area (Å²) in [7, 11) is 1.63. The zero-order valence-corrected chi connectivity index (χ0v) is 19.0. The number of amides is 1. The molecule has 3 heterocycles. The maximum absolute atomic E-state index is 13.2. The first kappa shape index (κ1) is 21.4. The van der Waals surface area contributed by atoms with Crippen molar-refractivity contribution in [2.24, 2.45) is 5.92 Å². The molecule has 7 nitrogen and oxygen atoms in total. The number of nitrogens with one attached hydrogen (secondary N) is 1. The highest BCUT2D eigenvalue weighted by atomic mass is 32.1. The van der Waals surface area contributed by atoms with Crippen molar-refractivity contribution in [3.63, 3.8) is 0 Å². The highest BCUT2D eigenvalue weighted by Gasteiger charge is 2.26. The molecule has 0 radical (unpaired) electrons. The summed E-state index contributed by atoms with van der Waals surface area (Å²) in [5.74, 6) is 0.614. The number of carbonyl (C=O) groups excluding carboxylic acids is 1. The van der Waals surface area contributed by atoms with Gasteiger partial charge in [0.2, 0.25) is 16.0 Å². The molecular weight excluding hydrogens is 441 g/mol. The third kappa shape index (κ3) is 4.68. The van der Waals surface area contributed by atoms with Gasteiger partial charge < -0.3 is 15.0 Å². The van der Waals surface area contributed by atoms with E-state index in [0.29, 0.717) is 6.54 Å². The summed E-state index contributed by atoms with van der Waals surface area (Å²) in [5.41, 5.74) is 2.65. The number of ether oxygens (including phenoxy) is 1. The van der Waals surface area contributed by atoms with Gasteiger partial charge in [0.05, 0.1) is 19.0 Å². The van der Waals surface area contributed by atoms with Crippen molar-refractivity contribution in [1.82, 2.24) is 19.9 Å². The molecule has 170 valence electrons. The molecule has 2 aromatic carbocycles. The third-order valence-electron chi connectivity index (χ3n) is 5.91. The second kappa shape index (κ2) is 9.19. The molecule has 1 aliphatic heterocycles. The lowest BCUT2D eigenvalue weighted by Gasteiger charge is -2.30. The fourth-order valence-electron chi connectivity index (χ4n) is 4.03. The van der Waals surface area contributed by atoms with Crippen LogP contribution in [-0.4, -0.2) is 40.7 Å². The van der Waals surface area contributed by atoms with Crippen LogP contribution in [0.15, 0.2) is 54.7 Å². The van der Waals surface area contributed by atoms with Gasteiger partial charge in [-0.1, -0.05) is 23.5 Å². The Morgan fingerprint density at radius 3 is 2.73 bits per heavy atom. The number of hydrogen-bond donors (Lipinski definition) is 1. The summed E-state index contributed by atoms with van der Waals surface area (Å²) in [4.78, 5) is 20.3. The van der Waals surface area contributed by atoms with Gasteiger partial charge in [-0.15, -0.1) is 5.10 Å². The fraction of sp³-hybridized carbons (Fsp3) is 0.292. The minimum Gasteiger partial charge on any atom is -0.497 e. The summed E-state index contributed by atoms with van der Waals surface area (Å²) in [5, 5.41) is 8.63. The van der Waals surface area contributed by atoms with Crippen LogP contribution in [-0.2, 0) is 11.3 Å². The molecule has 0 spiro atoms. The molecule has 1 aliphatic rings. The monoisotopic (exact) mass is 465 g/mol. The van der Waals surface area contributed by atoms with Crippen molar-refractivity contribution < 1.29 is 13.9 Å². The summed E-state index contributed by atoms with van der Waals surface area (Å²) >= 11 is 1.52. The van der Waals surface area contributed by atoms with Crippen molar-refractivity contribution in [3.8, 4) is 17.0 Å². The van der Waals surface area contributed by atoms with Gasteiger partial charge in [0.15, 0.2) is 0 Å². The van der Waals surface area contributed by atoms with E-state index in [1.807, 2.05) is 30.5 Å². The first-order chi connectivity index (χ1) is 16.1. The summed E-state index contributed by atoms with van der Waals surface area (Å²) < 4.78 is 20.2. The van der Waals surface area contributed by atoms with Gasteiger partial charge in [0, 0.05) is 31.1 Å². The SMILES string of the molecule is COc1cccc(CNC(=O)C2CCN(c3nn4cc(-c5ccc(F)cc5)nc4s3)CC2)c1. The topological polar surface area (TPSA) is 71.8 Å². The minimum absolute atomic E-state index is 0.000909. The number of piperidine rings is 1. The summed E-state index contributed by atoms with van der Waals surface area (Å²) in [6.07, 6.45) is 3.43. The molecule has 1 N–H and O–H groups in total. The van der Waals surface area contributed by atoms with Crippen LogP contribution < -0.4 is 15.0 Å². The van der Waals surface area contributed by atoms with E-state index >= 15 is 0 Å². The van der Waals surface area contributed by atoms with Crippen LogP contribution in [0.5, 0.6) is 5.75 Å². The molecule has 0 atom stereocenters. The van der Waals surface area contributed by atoms with Crippen molar-refractivity contribution in [2.45, 2.75) is 19.4 Å². The van der Waals surface area contributed by atoms with E-state index in [0.717, 1.165) is 58.6 Å². The molecule has 5 rings (SSSR count). The van der Waals surface area contributed by atoms with E-state index in [1.54, 1.807) is 23.8 Å². The number of benzene rings is 2. The first-order valence-corrected chi connectivity index (χ1v) is 11.7. The van der Waals surface area contributed by atoms with Crippen LogP contribution >= 0.6 is 11.3 Å². The van der Waals surface area contributed by atoms with E-state index < -0.39 is 0 Å². The van der Waals surface area contributed by atoms with Gasteiger partial charge in [-0.2, -0.15) is 0 Å². The molecule has 1 saturated heterocycles. The van der Waals surface area contributed by atoms with Gasteiger partial charge in [-0.05, 0) is 54.8 Å². The fourth-order valence-corrected chi connectivity index (χ4v) is 4.96. The van der Waals surface area contributed by atoms with Crippen molar-refractivity contribution in [2.75, 3.05) is 25.1 Å². The van der Waals surface area contributed by atoms with Crippen LogP contribution in [0.3, 0.4) is 0 Å². The zero-order valence-electron chi connectivity index (χ0n) is 18.2. The quantitative estimate of drug-likeness (QED) is 0.464. The van der Waals surface area contributed by atoms with Crippen molar-refractivity contribution in [1.29, 1.82) is 0 Å². The highest BCUT2D eigenvalue weighted by Crippen LogP contribution is 2.30. The molecule has 0 unspecified atom stereocenters. The molecule has 33 heavy (non-hydrogen) atoms. The number of hydrogen-bond acceptors (Lipinski definition) is 6. The first-order valence-electron chi connectivity index (χ1n) is 10.9. The van der Waals surface area contributed by atoms with Gasteiger partial charge in [-0.3, -0.25) is 4.79 Å². The zero-order chi connectivity index (χ0) is 22.8. The largest absolute Gasteiger partial charge is 0.497 e. The van der Waals surface area contributed by atoms with E-state index in [1.165, 1.54) is 23.5 Å². The highest BCUT2D eigenvalue weighted by molar-refractivity contribution is 7.20. The lowest BCUT2D eigenvalue weighted by atomic mass is 9.96. The Balaban J connectivity index is 1.17. The minimum atomic E-state index is -0.266. The van der Waals surface area contributed by atoms with Crippen LogP contribution in [0.2, 0.25) is 0 Å². The van der Waals surface area contributed by atoms with E-state index in [2.05, 4.69) is 20.3 Å². The molecule has 1 fully saturated rings. The number of nitrogens with zero attached hydrogens (tertiary/aromatic N) is 4. The number of fused-ring (bicyclic) bond motifs is 1. The number of methoxy groups -OCH3 is 1. The van der Waals surface area contributed by atoms with E-state index in [4.69, 9.17) is 4.74 Å². The predicted octanol–water partition coefficient (Wildman–Crippen LogP) is 4.14. The second-order valence-corrected chi connectivity index (χ2v) is 9.01. The molecule has 2 aromatic heterocycles. The molecule has 0 saturated carbocycles. The molecule has 0 aliphatic carbocycles. The van der Waals surface area contributed by atoms with Crippen molar-refractivity contribution >= 4 is 27.3 Å². The maximum Gasteiger partial charge on any atom is 0.223 e. The lowest BCUT2D eigenvalue weighted by Crippen LogP contribution is -2.40. The van der Waals surface area contributed by atoms with Gasteiger partial charge in [-0.25, -0.2) is 13.9 Å². The Hall–Kier alpha value is -3.46. The number of aromatic nitrogens is 3. The van der Waals surface area contributed by atoms with Gasteiger partial charge >= 0.3 is 0 Å². The van der Waals surface area contributed by atoms with Crippen LogP contribution in [0.1, 0.15) is 18.4 Å². The Morgan fingerprint density at radius 2 is 2.00 bits per heavy atom. The normalized spacial score (nSPS) is 14.5. The maximum atomic E-state index is 13.2. The van der Waals surface area contributed by atoms with E-state index in [-0.39, 0.29) is 17.6 Å². The van der Waals surface area contributed by atoms with E-state index in [9.17, 15) is 9.18 Å². The Morgan fingerprint density at radius 1 is 1.21 bits per heavy atom. The average molecular weight is 466 g/mol. The number of imidazole rings is 1. The molecule has 0 bridgehead atoms. The number of carbonyl (C=O) groups is 1. The van der Waals surface area contributed by atoms with Crippen LogP contribution in [0.4, 0.5) is 9.52 Å². The Bertz CT molecular complexity index is 1230. The van der Waals surface area contributed by atoms with Gasteiger partial charge in [0.1, 0.15) is 11.6 Å². The Labute approximate surface area is 194 Å². The molecule has 4 aromatic rings. The molecule has 9 heteroatoms. The van der Waals surface area contributed by atoms with Crippen LogP contribution in [0.25, 0.3) is 16.2 Å². The lowest BCUT2D eigenvalue weighted by molar-refractivity contribution is -0.125. The smallest absolute Gasteiger partial charge is 0.223 e. The number of rotatable bonds is 6. The second-order valence-electron chi connectivity index (χ2n) is 8.08.